The summed E-state index contributed by atoms with van der Waals surface area (Å²) >= 11 is 1.52. The standard InChI is InChI=1S/C51H63F3N8O6S/c1-34(2)42(59-47(67)43(64)39(55)30-35-18-11-9-12-19-35)46(66)56-27-16-8-6-4-3-5-7-15-24-41(63)62-28-25-50(26-29-62,49-58-40(32-69-49)36-20-13-10-14-21-36)33-57-45(65)38-23-17-22-37(31-38)44-60-48(68-61-44)51(52,53)54/h9-14,17-23,31-32,34,39,42-43,64H,3-8,15-16,24-30,33,55H2,1-2H3,(H,56,66)(H,57,65)(H,59,67)/t39-,42+,43+/m1/s1. The highest BCUT2D eigenvalue weighted by atomic mass is 32.1. The first-order valence-electron chi connectivity index (χ1n) is 23.8. The van der Waals surface area contributed by atoms with Gasteiger partial charge in [-0.05, 0) is 55.7 Å². The molecule has 5 aromatic rings. The lowest BCUT2D eigenvalue weighted by Crippen LogP contribution is -2.55. The number of carbonyl (C=O) groups excluding carboxylic acids is 4. The number of benzene rings is 3. The number of nitrogens with zero attached hydrogens (tertiary/aromatic N) is 4. The average Bonchev–Trinajstić information content (AvgIpc) is 4.07. The van der Waals surface area contributed by atoms with E-state index in [-0.39, 0.29) is 41.2 Å². The second kappa shape index (κ2) is 25.0. The molecule has 0 unspecified atom stereocenters. The van der Waals surface area contributed by atoms with Gasteiger partial charge in [-0.1, -0.05) is 130 Å². The van der Waals surface area contributed by atoms with Gasteiger partial charge in [0.1, 0.15) is 17.2 Å². The maximum atomic E-state index is 13.6. The fourth-order valence-electron chi connectivity index (χ4n) is 8.42. The number of alkyl halides is 3. The van der Waals surface area contributed by atoms with Gasteiger partial charge in [0.25, 0.3) is 11.8 Å². The van der Waals surface area contributed by atoms with Crippen LogP contribution >= 0.6 is 11.3 Å². The zero-order valence-electron chi connectivity index (χ0n) is 39.2. The molecule has 3 atom stereocenters. The van der Waals surface area contributed by atoms with Gasteiger partial charge in [-0.3, -0.25) is 19.2 Å². The molecule has 6 N–H and O–H groups in total. The van der Waals surface area contributed by atoms with E-state index in [9.17, 15) is 37.5 Å². The predicted molar refractivity (Wildman–Crippen MR) is 258 cm³/mol. The number of piperidine rings is 1. The van der Waals surface area contributed by atoms with E-state index in [2.05, 4.69) is 30.6 Å². The first-order chi connectivity index (χ1) is 33.1. The number of aliphatic hydroxyl groups is 1. The van der Waals surface area contributed by atoms with Gasteiger partial charge in [0.05, 0.1) is 5.69 Å². The zero-order valence-corrected chi connectivity index (χ0v) is 40.0. The van der Waals surface area contributed by atoms with Gasteiger partial charge in [-0.2, -0.15) is 18.2 Å². The molecular weight excluding hydrogens is 910 g/mol. The molecule has 2 aromatic heterocycles. The summed E-state index contributed by atoms with van der Waals surface area (Å²) in [5.41, 5.74) is 8.69. The van der Waals surface area contributed by atoms with Gasteiger partial charge in [-0.15, -0.1) is 11.3 Å². The Labute approximate surface area is 405 Å². The molecule has 14 nitrogen and oxygen atoms in total. The van der Waals surface area contributed by atoms with Crippen LogP contribution in [0.5, 0.6) is 0 Å². The zero-order chi connectivity index (χ0) is 49.4. The third-order valence-electron chi connectivity index (χ3n) is 12.6. The third kappa shape index (κ3) is 15.0. The number of aliphatic hydroxyl groups excluding tert-OH is 1. The number of nitrogens with two attached hydrogens (primary N) is 1. The molecule has 0 radical (unpaired) electrons. The Morgan fingerprint density at radius 2 is 1.46 bits per heavy atom. The number of likely N-dealkylation sites (tertiary alicyclic amines) is 1. The maximum absolute atomic E-state index is 13.6. The average molecular weight is 973 g/mol. The van der Waals surface area contributed by atoms with E-state index in [0.29, 0.717) is 45.3 Å². The van der Waals surface area contributed by atoms with Gasteiger partial charge in [0, 0.05) is 66.1 Å². The second-order valence-electron chi connectivity index (χ2n) is 18.1. The molecule has 0 aliphatic carbocycles. The van der Waals surface area contributed by atoms with Crippen LogP contribution in [0.15, 0.2) is 94.8 Å². The fraction of sp³-hybridized carbons (Fsp3) is 0.471. The molecule has 0 bridgehead atoms. The lowest BCUT2D eigenvalue weighted by molar-refractivity contribution is -0.159. The van der Waals surface area contributed by atoms with Gasteiger partial charge in [0.15, 0.2) is 0 Å². The largest absolute Gasteiger partial charge is 0.471 e. The molecule has 6 rings (SSSR count). The van der Waals surface area contributed by atoms with E-state index in [1.54, 1.807) is 12.1 Å². The predicted octanol–water partition coefficient (Wildman–Crippen LogP) is 7.87. The van der Waals surface area contributed by atoms with Crippen LogP contribution in [-0.2, 0) is 32.4 Å². The topological polar surface area (TPSA) is 206 Å². The van der Waals surface area contributed by atoms with Crippen LogP contribution in [0.2, 0.25) is 0 Å². The number of unbranched alkanes of at least 4 members (excludes halogenated alkanes) is 7. The highest BCUT2D eigenvalue weighted by molar-refractivity contribution is 7.10. The first-order valence-corrected chi connectivity index (χ1v) is 24.7. The second-order valence-corrected chi connectivity index (χ2v) is 19.0. The summed E-state index contributed by atoms with van der Waals surface area (Å²) in [5, 5.41) is 25.5. The molecule has 4 amide bonds. The maximum Gasteiger partial charge on any atom is 0.471 e. The molecule has 370 valence electrons. The fourth-order valence-corrected chi connectivity index (χ4v) is 9.51. The van der Waals surface area contributed by atoms with Crippen molar-refractivity contribution in [2.75, 3.05) is 26.2 Å². The molecule has 3 aromatic carbocycles. The summed E-state index contributed by atoms with van der Waals surface area (Å²) in [4.78, 5) is 63.1. The van der Waals surface area contributed by atoms with Crippen molar-refractivity contribution < 1.29 is 42.0 Å². The van der Waals surface area contributed by atoms with Crippen molar-refractivity contribution >= 4 is 35.0 Å². The lowest BCUT2D eigenvalue weighted by Gasteiger charge is -2.40. The Bertz CT molecular complexity index is 2420. The number of halogens is 3. The minimum absolute atomic E-state index is 0.104. The highest BCUT2D eigenvalue weighted by Crippen LogP contribution is 2.39. The number of carbonyl (C=O) groups is 4. The van der Waals surface area contributed by atoms with Crippen LogP contribution in [0.25, 0.3) is 22.6 Å². The summed E-state index contributed by atoms with van der Waals surface area (Å²) in [6, 6.07) is 23.6. The van der Waals surface area contributed by atoms with Crippen molar-refractivity contribution in [1.82, 2.24) is 36.0 Å². The van der Waals surface area contributed by atoms with Gasteiger partial charge >= 0.3 is 12.1 Å². The van der Waals surface area contributed by atoms with Crippen molar-refractivity contribution in [3.63, 3.8) is 0 Å². The minimum Gasteiger partial charge on any atom is -0.382 e. The normalized spacial score (nSPS) is 15.0. The molecule has 0 spiro atoms. The van der Waals surface area contributed by atoms with Gasteiger partial charge in [-0.25, -0.2) is 4.98 Å². The summed E-state index contributed by atoms with van der Waals surface area (Å²) in [7, 11) is 0. The van der Waals surface area contributed by atoms with Crippen LogP contribution in [0.1, 0.15) is 111 Å². The Balaban J connectivity index is 0.894. The SMILES string of the molecule is CC(C)[C@H](NC(=O)[C@@H](O)[C@H](N)Cc1ccccc1)C(=O)NCCCCCCCCCCC(=O)N1CCC(CNC(=O)c2cccc(-c3noc(C(F)(F)F)n3)c2)(c2nc(-c3ccccc3)cs2)CC1. The molecule has 0 saturated carbocycles. The van der Waals surface area contributed by atoms with E-state index >= 15 is 0 Å². The van der Waals surface area contributed by atoms with Crippen LogP contribution in [-0.4, -0.2) is 93.1 Å². The van der Waals surface area contributed by atoms with E-state index in [0.717, 1.165) is 73.2 Å². The highest BCUT2D eigenvalue weighted by Gasteiger charge is 2.41. The van der Waals surface area contributed by atoms with Crippen LogP contribution in [0, 0.1) is 5.92 Å². The van der Waals surface area contributed by atoms with Crippen LogP contribution < -0.4 is 21.7 Å². The Hall–Kier alpha value is -5.98. The number of thiazole rings is 1. The van der Waals surface area contributed by atoms with Gasteiger partial charge in [0.2, 0.25) is 17.6 Å². The Morgan fingerprint density at radius 1 is 0.826 bits per heavy atom. The summed E-state index contributed by atoms with van der Waals surface area (Å²) in [6.07, 6.45) is 3.32. The quantitative estimate of drug-likeness (QED) is 0.0379. The minimum atomic E-state index is -4.79. The van der Waals surface area contributed by atoms with Crippen molar-refractivity contribution in [2.24, 2.45) is 11.7 Å². The number of nitrogens with one attached hydrogen (secondary N) is 3. The molecule has 69 heavy (non-hydrogen) atoms. The number of hydrogen-bond acceptors (Lipinski definition) is 11. The van der Waals surface area contributed by atoms with E-state index < -0.39 is 47.5 Å². The number of amides is 4. The summed E-state index contributed by atoms with van der Waals surface area (Å²) < 4.78 is 43.7. The van der Waals surface area contributed by atoms with Crippen molar-refractivity contribution in [3.05, 3.63) is 112 Å². The molecule has 1 saturated heterocycles. The van der Waals surface area contributed by atoms with Crippen LogP contribution in [0.3, 0.4) is 0 Å². The number of aromatic nitrogens is 3. The van der Waals surface area contributed by atoms with Crippen molar-refractivity contribution in [1.29, 1.82) is 0 Å². The van der Waals surface area contributed by atoms with Crippen molar-refractivity contribution in [3.8, 4) is 22.6 Å². The smallest absolute Gasteiger partial charge is 0.382 e. The first kappa shape index (κ1) is 52.4. The lowest BCUT2D eigenvalue weighted by atomic mass is 9.78. The third-order valence-corrected chi connectivity index (χ3v) is 13.7. The molecule has 18 heteroatoms. The van der Waals surface area contributed by atoms with Crippen LogP contribution in [0.4, 0.5) is 13.2 Å². The Kier molecular flexibility index (Phi) is 19.0. The Morgan fingerprint density at radius 3 is 2.12 bits per heavy atom. The number of hydrogen-bond donors (Lipinski definition) is 5. The van der Waals surface area contributed by atoms with E-state index in [1.165, 1.54) is 23.5 Å². The summed E-state index contributed by atoms with van der Waals surface area (Å²) in [6.45, 7) is 5.41. The monoisotopic (exact) mass is 972 g/mol. The molecule has 1 fully saturated rings. The number of rotatable bonds is 24. The summed E-state index contributed by atoms with van der Waals surface area (Å²) in [5.74, 6) is -3.21. The molecule has 3 heterocycles. The van der Waals surface area contributed by atoms with Crippen molar-refractivity contribution in [2.45, 2.75) is 121 Å². The molecular formula is C51H63F3N8O6S. The van der Waals surface area contributed by atoms with E-state index in [4.69, 9.17) is 10.7 Å². The molecule has 1 aliphatic heterocycles. The molecule has 1 aliphatic rings. The van der Waals surface area contributed by atoms with E-state index in [1.807, 2.05) is 84.8 Å². The van der Waals surface area contributed by atoms with Gasteiger partial charge < -0.3 is 36.2 Å².